The number of unbranched alkanes of at least 4 members (excludes halogenated alkanes) is 26. The first-order valence-corrected chi connectivity index (χ1v) is 32.0. The summed E-state index contributed by atoms with van der Waals surface area (Å²) in [5, 5.41) is 0. The van der Waals surface area contributed by atoms with Gasteiger partial charge in [0, 0.05) is 19.3 Å². The van der Waals surface area contributed by atoms with E-state index in [1.807, 2.05) is 0 Å². The van der Waals surface area contributed by atoms with Gasteiger partial charge in [0.15, 0.2) is 6.10 Å². The Morgan fingerprint density at radius 1 is 0.273 bits per heavy atom. The summed E-state index contributed by atoms with van der Waals surface area (Å²) in [7, 11) is 0. The zero-order valence-corrected chi connectivity index (χ0v) is 50.2. The van der Waals surface area contributed by atoms with Crippen LogP contribution in [-0.4, -0.2) is 37.2 Å². The van der Waals surface area contributed by atoms with Gasteiger partial charge in [0.25, 0.3) is 0 Å². The fourth-order valence-electron chi connectivity index (χ4n) is 8.73. The van der Waals surface area contributed by atoms with Crippen LogP contribution in [0.4, 0.5) is 0 Å². The summed E-state index contributed by atoms with van der Waals surface area (Å²) >= 11 is 0. The quantitative estimate of drug-likeness (QED) is 0.0261. The maximum atomic E-state index is 12.9. The molecule has 0 heterocycles. The molecule has 0 saturated carbocycles. The third-order valence-corrected chi connectivity index (χ3v) is 13.5. The lowest BCUT2D eigenvalue weighted by Gasteiger charge is -2.18. The standard InChI is InChI=1S/C71H118O6/c1-4-7-10-13-16-19-22-25-27-29-30-31-32-33-34-35-36-37-38-39-40-42-43-46-49-52-55-58-61-64-70(73)76-67-68(66-75-69(72)63-60-57-54-51-48-45-24-21-18-15-12-9-6-3)77-71(74)65-62-59-56-53-50-47-44-41-28-26-23-20-17-14-11-8-5-2/h7-8,10-11,16-17,19-20,25-28,30-31,33-34,36-37,44,47,68H,4-6,9,12-15,18,21-24,29,32,35,38-43,45-46,48-67H2,1-3H3/b10-7-,11-8-,19-16-,20-17-,27-25-,28-26-,31-30-,34-33-,37-36-,47-44-. The molecule has 0 bridgehead atoms. The first-order valence-electron chi connectivity index (χ1n) is 32.0. The lowest BCUT2D eigenvalue weighted by molar-refractivity contribution is -0.167. The molecule has 6 heteroatoms. The predicted octanol–water partition coefficient (Wildman–Crippen LogP) is 22.0. The molecule has 0 aromatic heterocycles. The van der Waals surface area contributed by atoms with Crippen molar-refractivity contribution in [2.75, 3.05) is 13.2 Å². The topological polar surface area (TPSA) is 78.9 Å². The van der Waals surface area contributed by atoms with Gasteiger partial charge < -0.3 is 14.2 Å². The van der Waals surface area contributed by atoms with Crippen molar-refractivity contribution in [3.05, 3.63) is 122 Å². The zero-order valence-electron chi connectivity index (χ0n) is 50.2. The summed E-state index contributed by atoms with van der Waals surface area (Å²) in [5.74, 6) is -0.911. The van der Waals surface area contributed by atoms with Gasteiger partial charge in [0.05, 0.1) is 0 Å². The Kier molecular flexibility index (Phi) is 60.8. The van der Waals surface area contributed by atoms with Crippen LogP contribution in [0.25, 0.3) is 0 Å². The molecule has 0 N–H and O–H groups in total. The van der Waals surface area contributed by atoms with Crippen LogP contribution in [-0.2, 0) is 28.6 Å². The molecule has 0 saturated heterocycles. The molecule has 0 radical (unpaired) electrons. The first kappa shape index (κ1) is 72.8. The maximum Gasteiger partial charge on any atom is 0.306 e. The minimum absolute atomic E-state index is 0.0886. The Balaban J connectivity index is 4.32. The van der Waals surface area contributed by atoms with Crippen molar-refractivity contribution >= 4 is 17.9 Å². The summed E-state index contributed by atoms with van der Waals surface area (Å²) in [4.78, 5) is 38.3. The number of carbonyl (C=O) groups is 3. The van der Waals surface area contributed by atoms with Crippen LogP contribution in [0.3, 0.4) is 0 Å². The molecule has 0 aliphatic heterocycles. The molecule has 1 unspecified atom stereocenters. The normalized spacial score (nSPS) is 12.9. The Morgan fingerprint density at radius 2 is 0.506 bits per heavy atom. The van der Waals surface area contributed by atoms with Crippen LogP contribution in [0.15, 0.2) is 122 Å². The minimum atomic E-state index is -0.795. The SMILES string of the molecule is CC/C=C\C/C=C\C/C=C\C/C=C\C/C=C\C/C=C\CCCCCCCCCCCCC(=O)OCC(COC(=O)CCCCCCCCCCCCCCC)OC(=O)CCCCCC/C=C\C/C=C\C/C=C\C/C=C\CC. The molecule has 0 spiro atoms. The summed E-state index contributed by atoms with van der Waals surface area (Å²) in [5.41, 5.74) is 0. The molecule has 0 aliphatic rings. The molecule has 77 heavy (non-hydrogen) atoms. The van der Waals surface area contributed by atoms with Crippen molar-refractivity contribution in [1.82, 2.24) is 0 Å². The van der Waals surface area contributed by atoms with E-state index < -0.39 is 6.10 Å². The van der Waals surface area contributed by atoms with E-state index in [1.165, 1.54) is 116 Å². The van der Waals surface area contributed by atoms with Gasteiger partial charge in [-0.05, 0) is 109 Å². The van der Waals surface area contributed by atoms with Crippen molar-refractivity contribution in [3.8, 4) is 0 Å². The number of ether oxygens (including phenoxy) is 3. The summed E-state index contributed by atoms with van der Waals surface area (Å²) in [6.45, 7) is 6.40. The van der Waals surface area contributed by atoms with Crippen molar-refractivity contribution in [2.45, 2.75) is 297 Å². The highest BCUT2D eigenvalue weighted by atomic mass is 16.6. The summed E-state index contributed by atoms with van der Waals surface area (Å²) < 4.78 is 16.9. The van der Waals surface area contributed by atoms with Gasteiger partial charge in [0.2, 0.25) is 0 Å². The Bertz CT molecular complexity index is 1600. The molecule has 1 atom stereocenters. The maximum absolute atomic E-state index is 12.9. The second-order valence-electron chi connectivity index (χ2n) is 20.9. The van der Waals surface area contributed by atoms with Crippen molar-refractivity contribution in [1.29, 1.82) is 0 Å². The molecule has 0 amide bonds. The first-order chi connectivity index (χ1) is 38.0. The van der Waals surface area contributed by atoms with Crippen molar-refractivity contribution in [3.63, 3.8) is 0 Å². The van der Waals surface area contributed by atoms with Crippen LogP contribution in [0.5, 0.6) is 0 Å². The Morgan fingerprint density at radius 3 is 0.792 bits per heavy atom. The smallest absolute Gasteiger partial charge is 0.306 e. The van der Waals surface area contributed by atoms with Gasteiger partial charge in [-0.1, -0.05) is 284 Å². The molecular weight excluding hydrogens is 949 g/mol. The largest absolute Gasteiger partial charge is 0.462 e. The minimum Gasteiger partial charge on any atom is -0.462 e. The van der Waals surface area contributed by atoms with E-state index in [0.717, 1.165) is 135 Å². The summed E-state index contributed by atoms with van der Waals surface area (Å²) in [6, 6.07) is 0. The average Bonchev–Trinajstić information content (AvgIpc) is 3.43. The highest BCUT2D eigenvalue weighted by Crippen LogP contribution is 2.16. The molecule has 0 aromatic rings. The number of hydrogen-bond donors (Lipinski definition) is 0. The van der Waals surface area contributed by atoms with Crippen LogP contribution in [0.2, 0.25) is 0 Å². The van der Waals surface area contributed by atoms with Gasteiger partial charge in [-0.25, -0.2) is 0 Å². The molecular formula is C71H118O6. The van der Waals surface area contributed by atoms with E-state index >= 15 is 0 Å². The molecule has 0 fully saturated rings. The monoisotopic (exact) mass is 1070 g/mol. The van der Waals surface area contributed by atoms with Gasteiger partial charge in [-0.15, -0.1) is 0 Å². The number of rotatable bonds is 57. The van der Waals surface area contributed by atoms with Crippen LogP contribution >= 0.6 is 0 Å². The van der Waals surface area contributed by atoms with E-state index in [-0.39, 0.29) is 31.1 Å². The van der Waals surface area contributed by atoms with Crippen molar-refractivity contribution in [2.24, 2.45) is 0 Å². The third kappa shape index (κ3) is 62.5. The second kappa shape index (κ2) is 64.3. The highest BCUT2D eigenvalue weighted by molar-refractivity contribution is 5.71. The molecule has 6 nitrogen and oxygen atoms in total. The second-order valence-corrected chi connectivity index (χ2v) is 20.9. The van der Waals surface area contributed by atoms with Gasteiger partial charge in [0.1, 0.15) is 13.2 Å². The highest BCUT2D eigenvalue weighted by Gasteiger charge is 2.19. The summed E-state index contributed by atoms with van der Waals surface area (Å²) in [6.07, 6.45) is 89.2. The molecule has 0 rings (SSSR count). The Labute approximate surface area is 475 Å². The van der Waals surface area contributed by atoms with E-state index in [2.05, 4.69) is 142 Å². The zero-order chi connectivity index (χ0) is 55.7. The molecule has 0 aliphatic carbocycles. The Hall–Kier alpha value is -4.19. The van der Waals surface area contributed by atoms with E-state index in [1.54, 1.807) is 0 Å². The van der Waals surface area contributed by atoms with Gasteiger partial charge in [-0.2, -0.15) is 0 Å². The van der Waals surface area contributed by atoms with E-state index in [0.29, 0.717) is 19.3 Å². The van der Waals surface area contributed by atoms with Gasteiger partial charge in [-0.3, -0.25) is 14.4 Å². The number of esters is 3. The lowest BCUT2D eigenvalue weighted by atomic mass is 10.0. The fourth-order valence-corrected chi connectivity index (χ4v) is 8.73. The third-order valence-electron chi connectivity index (χ3n) is 13.5. The lowest BCUT2D eigenvalue weighted by Crippen LogP contribution is -2.30. The van der Waals surface area contributed by atoms with Crippen LogP contribution in [0.1, 0.15) is 290 Å². The van der Waals surface area contributed by atoms with E-state index in [4.69, 9.17) is 14.2 Å². The number of hydrogen-bond acceptors (Lipinski definition) is 6. The molecule has 438 valence electrons. The van der Waals surface area contributed by atoms with Crippen molar-refractivity contribution < 1.29 is 28.6 Å². The number of allylic oxidation sites excluding steroid dienone is 20. The van der Waals surface area contributed by atoms with Gasteiger partial charge >= 0.3 is 17.9 Å². The van der Waals surface area contributed by atoms with Crippen LogP contribution < -0.4 is 0 Å². The predicted molar refractivity (Wildman–Crippen MR) is 334 cm³/mol. The average molecular weight is 1070 g/mol. The fraction of sp³-hybridized carbons (Fsp3) is 0.676. The van der Waals surface area contributed by atoms with E-state index in [9.17, 15) is 14.4 Å². The number of carbonyl (C=O) groups excluding carboxylic acids is 3. The molecule has 0 aromatic carbocycles. The van der Waals surface area contributed by atoms with Crippen LogP contribution in [0, 0.1) is 0 Å².